The Hall–Kier alpha value is -0.130. The summed E-state index contributed by atoms with van der Waals surface area (Å²) in [6.45, 7) is 11.1. The van der Waals surface area contributed by atoms with Crippen LogP contribution in [0.1, 0.15) is 40.7 Å². The number of thioether (sulfide) groups is 1. The molecular formula is C13H26ClN3S2. The topological polar surface area (TPSA) is 19.1 Å². The summed E-state index contributed by atoms with van der Waals surface area (Å²) >= 11 is 3.66. The molecule has 0 atom stereocenters. The number of hydrogen-bond donors (Lipinski definition) is 1. The van der Waals surface area contributed by atoms with Gasteiger partial charge in [-0.25, -0.2) is 4.57 Å². The Balaban J connectivity index is 0.00000324. The van der Waals surface area contributed by atoms with Crippen LogP contribution in [0, 0.1) is 0 Å². The van der Waals surface area contributed by atoms with Crippen molar-refractivity contribution in [2.24, 2.45) is 0 Å². The van der Waals surface area contributed by atoms with E-state index in [4.69, 9.17) is 0 Å². The second kappa shape index (κ2) is 7.04. The van der Waals surface area contributed by atoms with E-state index in [0.717, 1.165) is 0 Å². The minimum absolute atomic E-state index is 0. The first-order chi connectivity index (χ1) is 8.17. The van der Waals surface area contributed by atoms with E-state index in [0.29, 0.717) is 6.04 Å². The molecule has 1 heterocycles. The van der Waals surface area contributed by atoms with E-state index in [-0.39, 0.29) is 17.9 Å². The molecule has 1 aromatic rings. The Kier molecular flexibility index (Phi) is 7.00. The number of nitrogens with one attached hydrogen (secondary N) is 1. The lowest BCUT2D eigenvalue weighted by Crippen LogP contribution is -3.00. The Bertz CT molecular complexity index is 409. The van der Waals surface area contributed by atoms with Crippen molar-refractivity contribution in [1.29, 1.82) is 0 Å². The average Bonchev–Trinajstić information content (AvgIpc) is 2.53. The standard InChI is InChI=1S/C13H26N3S2.ClH/c1-9(2)16-11(15(6)7)10(14-13(3,4)5)18-12(16)17-8;/h9,14H,1-8H3;1H/q+1;/p-1. The van der Waals surface area contributed by atoms with E-state index in [9.17, 15) is 0 Å². The number of anilines is 2. The average molecular weight is 324 g/mol. The maximum absolute atomic E-state index is 3.62. The third-order valence-corrected chi connectivity index (χ3v) is 4.58. The summed E-state index contributed by atoms with van der Waals surface area (Å²) in [5, 5.41) is 4.88. The highest BCUT2D eigenvalue weighted by Crippen LogP contribution is 2.36. The van der Waals surface area contributed by atoms with Crippen LogP contribution in [0.5, 0.6) is 0 Å². The Morgan fingerprint density at radius 1 is 1.26 bits per heavy atom. The van der Waals surface area contributed by atoms with E-state index < -0.39 is 0 Å². The molecule has 1 N–H and O–H groups in total. The highest BCUT2D eigenvalue weighted by Gasteiger charge is 2.29. The molecule has 6 heteroatoms. The van der Waals surface area contributed by atoms with Gasteiger partial charge in [-0.05, 0) is 40.9 Å². The van der Waals surface area contributed by atoms with Crippen LogP contribution < -0.4 is 27.2 Å². The van der Waals surface area contributed by atoms with E-state index in [1.807, 2.05) is 23.1 Å². The molecule has 0 saturated heterocycles. The van der Waals surface area contributed by atoms with Crippen LogP contribution in [0.15, 0.2) is 4.34 Å². The second-order valence-electron chi connectivity index (χ2n) is 5.96. The number of rotatable bonds is 4. The van der Waals surface area contributed by atoms with Crippen LogP contribution in [0.3, 0.4) is 0 Å². The number of hydrogen-bond acceptors (Lipinski definition) is 4. The third kappa shape index (κ3) is 4.72. The van der Waals surface area contributed by atoms with E-state index in [1.165, 1.54) is 15.2 Å². The maximum Gasteiger partial charge on any atom is 0.312 e. The van der Waals surface area contributed by atoms with Crippen LogP contribution in [0.2, 0.25) is 0 Å². The first-order valence-electron chi connectivity index (χ1n) is 6.25. The SMILES string of the molecule is CSc1sc(NC(C)(C)C)c(N(C)C)[n+]1C(C)C.[Cl-]. The van der Waals surface area contributed by atoms with E-state index >= 15 is 0 Å². The molecule has 0 aliphatic rings. The molecule has 3 nitrogen and oxygen atoms in total. The van der Waals surface area contributed by atoms with Crippen molar-refractivity contribution < 1.29 is 17.0 Å². The monoisotopic (exact) mass is 323 g/mol. The molecule has 112 valence electrons. The van der Waals surface area contributed by atoms with Crippen LogP contribution in [0.4, 0.5) is 10.8 Å². The lowest BCUT2D eigenvalue weighted by atomic mass is 10.1. The number of halogens is 1. The third-order valence-electron chi connectivity index (χ3n) is 2.42. The predicted octanol–water partition coefficient (Wildman–Crippen LogP) is 0.619. The van der Waals surface area contributed by atoms with E-state index in [2.05, 4.69) is 69.8 Å². The zero-order valence-corrected chi connectivity index (χ0v) is 15.6. The van der Waals surface area contributed by atoms with Crippen molar-refractivity contribution in [1.82, 2.24) is 0 Å². The molecular weight excluding hydrogens is 298 g/mol. The van der Waals surface area contributed by atoms with Gasteiger partial charge in [-0.3, -0.25) is 4.90 Å². The predicted molar refractivity (Wildman–Crippen MR) is 84.4 cm³/mol. The first-order valence-corrected chi connectivity index (χ1v) is 8.29. The molecule has 0 spiro atoms. The lowest BCUT2D eigenvalue weighted by Gasteiger charge is -2.21. The van der Waals surface area contributed by atoms with Gasteiger partial charge in [-0.2, -0.15) is 0 Å². The van der Waals surface area contributed by atoms with Crippen molar-refractivity contribution in [3.8, 4) is 0 Å². The highest BCUT2D eigenvalue weighted by molar-refractivity contribution is 8.00. The molecule has 1 aromatic heterocycles. The lowest BCUT2D eigenvalue weighted by molar-refractivity contribution is -0.732. The summed E-state index contributed by atoms with van der Waals surface area (Å²) in [5.74, 6) is 1.27. The van der Waals surface area contributed by atoms with Crippen molar-refractivity contribution >= 4 is 33.9 Å². The van der Waals surface area contributed by atoms with Crippen LogP contribution >= 0.6 is 23.1 Å². The molecule has 19 heavy (non-hydrogen) atoms. The summed E-state index contributed by atoms with van der Waals surface area (Å²) in [5.41, 5.74) is 0.0834. The van der Waals surface area contributed by atoms with Crippen LogP contribution in [-0.4, -0.2) is 25.9 Å². The van der Waals surface area contributed by atoms with Crippen molar-refractivity contribution in [2.75, 3.05) is 30.6 Å². The van der Waals surface area contributed by atoms with E-state index in [1.54, 1.807) is 0 Å². The van der Waals surface area contributed by atoms with Gasteiger partial charge in [0.25, 0.3) is 0 Å². The quantitative estimate of drug-likeness (QED) is 0.647. The number of aromatic nitrogens is 1. The number of thiazole rings is 1. The molecule has 0 bridgehead atoms. The molecule has 1 rings (SSSR count). The van der Waals surface area contributed by atoms with Crippen molar-refractivity contribution in [2.45, 2.75) is 50.5 Å². The molecule has 0 unspecified atom stereocenters. The van der Waals surface area contributed by atoms with Crippen LogP contribution in [0.25, 0.3) is 0 Å². The van der Waals surface area contributed by atoms with Gasteiger partial charge in [-0.15, -0.1) is 0 Å². The first kappa shape index (κ1) is 18.9. The molecule has 0 fully saturated rings. The van der Waals surface area contributed by atoms with Crippen molar-refractivity contribution in [3.05, 3.63) is 0 Å². The Labute approximate surface area is 132 Å². The molecule has 0 amide bonds. The van der Waals surface area contributed by atoms with Gasteiger partial charge in [0.15, 0.2) is 5.00 Å². The highest BCUT2D eigenvalue weighted by atomic mass is 35.5. The maximum atomic E-state index is 3.62. The van der Waals surface area contributed by atoms with Gasteiger partial charge in [-0.1, -0.05) is 23.1 Å². The second-order valence-corrected chi connectivity index (χ2v) is 8.01. The summed E-state index contributed by atoms with van der Waals surface area (Å²) in [6.07, 6.45) is 2.14. The van der Waals surface area contributed by atoms with Gasteiger partial charge < -0.3 is 17.7 Å². The minimum Gasteiger partial charge on any atom is -1.00 e. The largest absolute Gasteiger partial charge is 1.00 e. The zero-order valence-electron chi connectivity index (χ0n) is 13.2. The molecule has 0 aliphatic heterocycles. The molecule has 0 aliphatic carbocycles. The fourth-order valence-electron chi connectivity index (χ4n) is 1.81. The summed E-state index contributed by atoms with van der Waals surface area (Å²) in [4.78, 5) is 2.20. The van der Waals surface area contributed by atoms with Crippen molar-refractivity contribution in [3.63, 3.8) is 0 Å². The summed E-state index contributed by atoms with van der Waals surface area (Å²) in [7, 11) is 4.22. The summed E-state index contributed by atoms with van der Waals surface area (Å²) < 4.78 is 3.75. The molecule has 0 aromatic carbocycles. The smallest absolute Gasteiger partial charge is 0.312 e. The minimum atomic E-state index is 0. The van der Waals surface area contributed by atoms with Gasteiger partial charge in [0.1, 0.15) is 0 Å². The number of nitrogens with zero attached hydrogens (tertiary/aromatic N) is 2. The Morgan fingerprint density at radius 3 is 2.11 bits per heavy atom. The fourth-order valence-corrected chi connectivity index (χ4v) is 4.19. The van der Waals surface area contributed by atoms with Gasteiger partial charge in [0.05, 0.1) is 20.1 Å². The normalized spacial score (nSPS) is 11.4. The van der Waals surface area contributed by atoms with Crippen LogP contribution in [-0.2, 0) is 0 Å². The zero-order chi connectivity index (χ0) is 14.1. The van der Waals surface area contributed by atoms with Gasteiger partial charge in [0.2, 0.25) is 4.34 Å². The molecule has 0 radical (unpaired) electrons. The van der Waals surface area contributed by atoms with Gasteiger partial charge in [0, 0.05) is 5.54 Å². The molecule has 0 saturated carbocycles. The Morgan fingerprint density at radius 2 is 1.79 bits per heavy atom. The fraction of sp³-hybridized carbons (Fsp3) is 0.769. The summed E-state index contributed by atoms with van der Waals surface area (Å²) in [6, 6.07) is 0.469. The van der Waals surface area contributed by atoms with Gasteiger partial charge >= 0.3 is 5.82 Å².